The molecule has 1 heterocycles. The maximum Gasteiger partial charge on any atom is 0.157 e. The molecule has 4 fully saturated rings. The quantitative estimate of drug-likeness (QED) is 0.443. The molecule has 6 nitrogen and oxygen atoms in total. The Morgan fingerprint density at radius 1 is 0.972 bits per heavy atom. The highest BCUT2D eigenvalue weighted by molar-refractivity contribution is 5.84. The van der Waals surface area contributed by atoms with Crippen molar-refractivity contribution in [3.05, 3.63) is 11.4 Å². The molecule has 5 aliphatic carbocycles. The van der Waals surface area contributed by atoms with E-state index in [1.165, 1.54) is 43.5 Å². The van der Waals surface area contributed by atoms with E-state index in [9.17, 15) is 15.0 Å². The van der Waals surface area contributed by atoms with Gasteiger partial charge in [-0.1, -0.05) is 19.8 Å². The number of aliphatic hydroxyl groups excluding tert-OH is 1. The molecule has 0 unspecified atom stereocenters. The second-order valence-electron chi connectivity index (χ2n) is 14.0. The summed E-state index contributed by atoms with van der Waals surface area (Å²) in [7, 11) is 0. The first-order chi connectivity index (χ1) is 17.3. The number of hydrogen-bond acceptors (Lipinski definition) is 6. The van der Waals surface area contributed by atoms with Gasteiger partial charge in [0.25, 0.3) is 0 Å². The summed E-state index contributed by atoms with van der Waals surface area (Å²) in [6, 6.07) is 0. The number of fused-ring (bicyclic) bond motifs is 5. The predicted molar refractivity (Wildman–Crippen MR) is 140 cm³/mol. The maximum absolute atomic E-state index is 13.9. The molecule has 0 amide bonds. The van der Waals surface area contributed by atoms with Crippen molar-refractivity contribution in [2.45, 2.75) is 116 Å². The number of Topliss-reactive ketones (excluding diaryl/α,β-unsaturated/α-hetero) is 1. The fraction of sp³-hybridized carbons (Fsp3) is 0.900. The van der Waals surface area contributed by atoms with Crippen molar-refractivity contribution >= 4 is 5.78 Å². The van der Waals surface area contributed by atoms with Crippen molar-refractivity contribution in [3.63, 3.8) is 0 Å². The first kappa shape index (κ1) is 25.2. The van der Waals surface area contributed by atoms with Gasteiger partial charge in [0.2, 0.25) is 0 Å². The average molecular weight is 500 g/mol. The van der Waals surface area contributed by atoms with Crippen LogP contribution in [0.2, 0.25) is 0 Å². The fourth-order valence-corrected chi connectivity index (χ4v) is 10.4. The van der Waals surface area contributed by atoms with Gasteiger partial charge in [0.15, 0.2) is 5.78 Å². The Balaban J connectivity index is 1.17. The number of hydrogen-bond donors (Lipinski definition) is 4. The van der Waals surface area contributed by atoms with E-state index in [0.717, 1.165) is 64.2 Å². The van der Waals surface area contributed by atoms with Crippen molar-refractivity contribution in [2.24, 2.45) is 40.4 Å². The second-order valence-corrected chi connectivity index (χ2v) is 14.0. The number of hydrazine groups is 2. The third kappa shape index (κ3) is 3.96. The fourth-order valence-electron chi connectivity index (χ4n) is 10.4. The minimum absolute atomic E-state index is 0.0131. The smallest absolute Gasteiger partial charge is 0.157 e. The molecule has 4 N–H and O–H groups in total. The molecule has 0 saturated heterocycles. The van der Waals surface area contributed by atoms with Crippen molar-refractivity contribution in [1.29, 1.82) is 0 Å². The monoisotopic (exact) mass is 499 g/mol. The summed E-state index contributed by atoms with van der Waals surface area (Å²) in [4.78, 5) is 13.9. The molecule has 0 aromatic rings. The Kier molecular flexibility index (Phi) is 6.48. The lowest BCUT2D eigenvalue weighted by Crippen LogP contribution is -2.58. The number of aliphatic hydroxyl groups is 2. The van der Waals surface area contributed by atoms with Crippen LogP contribution in [-0.4, -0.2) is 39.8 Å². The van der Waals surface area contributed by atoms with Gasteiger partial charge in [-0.05, 0) is 125 Å². The zero-order chi connectivity index (χ0) is 25.1. The molecule has 8 atom stereocenters. The molecule has 1 aliphatic heterocycles. The first-order valence-corrected chi connectivity index (χ1v) is 15.1. The lowest BCUT2D eigenvalue weighted by molar-refractivity contribution is -0.171. The van der Waals surface area contributed by atoms with Gasteiger partial charge in [-0.3, -0.25) is 9.80 Å². The van der Waals surface area contributed by atoms with Crippen molar-refractivity contribution in [1.82, 2.24) is 16.0 Å². The van der Waals surface area contributed by atoms with Gasteiger partial charge < -0.3 is 15.6 Å². The summed E-state index contributed by atoms with van der Waals surface area (Å²) < 4.78 is 0. The van der Waals surface area contributed by atoms with Crippen LogP contribution >= 0.6 is 0 Å². The van der Waals surface area contributed by atoms with Gasteiger partial charge in [0.05, 0.1) is 17.8 Å². The molecule has 6 heteroatoms. The van der Waals surface area contributed by atoms with E-state index in [1.807, 2.05) is 6.92 Å². The Labute approximate surface area is 217 Å². The third-order valence-corrected chi connectivity index (χ3v) is 12.3. The summed E-state index contributed by atoms with van der Waals surface area (Å²) in [5.41, 5.74) is 8.84. The highest BCUT2D eigenvalue weighted by atomic mass is 16.3. The molecule has 4 saturated carbocycles. The average Bonchev–Trinajstić information content (AvgIpc) is 3.37. The van der Waals surface area contributed by atoms with Crippen LogP contribution in [0.25, 0.3) is 0 Å². The topological polar surface area (TPSA) is 84.8 Å². The molecule has 202 valence electrons. The lowest BCUT2D eigenvalue weighted by Gasteiger charge is -2.62. The van der Waals surface area contributed by atoms with Gasteiger partial charge in [-0.25, -0.2) is 0 Å². The summed E-state index contributed by atoms with van der Waals surface area (Å²) in [6.07, 6.45) is 16.6. The van der Waals surface area contributed by atoms with E-state index in [0.29, 0.717) is 36.0 Å². The van der Waals surface area contributed by atoms with Gasteiger partial charge in [0.1, 0.15) is 0 Å². The minimum atomic E-state index is -0.575. The molecule has 6 aliphatic rings. The van der Waals surface area contributed by atoms with Crippen LogP contribution in [-0.2, 0) is 4.79 Å². The van der Waals surface area contributed by atoms with E-state index >= 15 is 0 Å². The summed E-state index contributed by atoms with van der Waals surface area (Å²) in [5, 5.41) is 23.7. The summed E-state index contributed by atoms with van der Waals surface area (Å²) >= 11 is 0. The molecule has 6 rings (SSSR count). The van der Waals surface area contributed by atoms with Gasteiger partial charge in [-0.15, -0.1) is 5.53 Å². The number of rotatable bonds is 4. The maximum atomic E-state index is 13.9. The zero-order valence-electron chi connectivity index (χ0n) is 22.7. The summed E-state index contributed by atoms with van der Waals surface area (Å²) in [5.74, 6) is 2.78. The SMILES string of the molecule is C[C@@]1(O)CC[C@@]2(CO)[C@@H](CC[C@H]3[C@@H]4CC[C@H](C(=O)CN5NNC6=C5CCCCCC6)[C@@]4(C)CC[C@@H]32)C1. The molecular formula is C30H49N3O3. The van der Waals surface area contributed by atoms with Crippen LogP contribution in [0, 0.1) is 40.4 Å². The largest absolute Gasteiger partial charge is 0.396 e. The Morgan fingerprint density at radius 2 is 1.78 bits per heavy atom. The highest BCUT2D eigenvalue weighted by Crippen LogP contribution is 2.68. The van der Waals surface area contributed by atoms with Crippen LogP contribution in [0.5, 0.6) is 0 Å². The van der Waals surface area contributed by atoms with E-state index in [2.05, 4.69) is 22.9 Å². The molecule has 0 bridgehead atoms. The minimum Gasteiger partial charge on any atom is -0.396 e. The number of ketones is 1. The first-order valence-electron chi connectivity index (χ1n) is 15.1. The van der Waals surface area contributed by atoms with Crippen molar-refractivity contribution in [2.75, 3.05) is 13.2 Å². The van der Waals surface area contributed by atoms with E-state index in [4.69, 9.17) is 0 Å². The molecule has 0 spiro atoms. The molecular weight excluding hydrogens is 450 g/mol. The van der Waals surface area contributed by atoms with Gasteiger partial charge in [0, 0.05) is 18.2 Å². The number of nitrogens with one attached hydrogen (secondary N) is 2. The predicted octanol–water partition coefficient (Wildman–Crippen LogP) is 4.83. The molecule has 0 aromatic carbocycles. The standard InChI is InChI=1S/C30H49N3O3/c1-28(36)15-16-30(19-34)20(17-28)9-10-21-22-11-12-24(29(22,2)14-13-23(21)30)27(35)18-33-26-8-6-4-3-5-7-25(26)31-32-33/h20-24,31-32,34,36H,3-19H2,1-2H3/t20-,21-,22-,23-,24+,28+,29-,30+/m0/s1. The summed E-state index contributed by atoms with van der Waals surface area (Å²) in [6.45, 7) is 5.17. The van der Waals surface area contributed by atoms with Gasteiger partial charge in [-0.2, -0.15) is 0 Å². The number of allylic oxidation sites excluding steroid dienone is 2. The van der Waals surface area contributed by atoms with E-state index in [-0.39, 0.29) is 23.4 Å². The van der Waals surface area contributed by atoms with Crippen LogP contribution < -0.4 is 11.0 Å². The van der Waals surface area contributed by atoms with Crippen LogP contribution in [0.3, 0.4) is 0 Å². The number of carbonyl (C=O) groups is 1. The molecule has 0 aromatic heterocycles. The lowest BCUT2D eigenvalue weighted by atomic mass is 9.43. The Morgan fingerprint density at radius 3 is 2.58 bits per heavy atom. The van der Waals surface area contributed by atoms with Crippen molar-refractivity contribution in [3.8, 4) is 0 Å². The van der Waals surface area contributed by atoms with Crippen molar-refractivity contribution < 1.29 is 15.0 Å². The second kappa shape index (κ2) is 9.27. The van der Waals surface area contributed by atoms with E-state index in [1.54, 1.807) is 0 Å². The number of nitrogens with zero attached hydrogens (tertiary/aromatic N) is 1. The van der Waals surface area contributed by atoms with Gasteiger partial charge >= 0.3 is 0 Å². The zero-order valence-corrected chi connectivity index (χ0v) is 22.7. The van der Waals surface area contributed by atoms with Crippen LogP contribution in [0.4, 0.5) is 0 Å². The molecule has 36 heavy (non-hydrogen) atoms. The highest BCUT2D eigenvalue weighted by Gasteiger charge is 2.63. The Bertz CT molecular complexity index is 902. The number of carbonyl (C=O) groups excluding carboxylic acids is 1. The molecule has 0 radical (unpaired) electrons. The normalized spacial score (nSPS) is 46.7. The van der Waals surface area contributed by atoms with E-state index < -0.39 is 5.60 Å². The Hall–Kier alpha value is -1.11. The third-order valence-electron chi connectivity index (χ3n) is 12.3. The van der Waals surface area contributed by atoms with Crippen LogP contribution in [0.1, 0.15) is 110 Å². The van der Waals surface area contributed by atoms with Crippen LogP contribution in [0.15, 0.2) is 11.4 Å².